The van der Waals surface area contributed by atoms with Crippen LogP contribution in [-0.4, -0.2) is 68.5 Å². The maximum Gasteiger partial charge on any atom is 0.307 e. The Morgan fingerprint density at radius 3 is 1.39 bits per heavy atom. The fraction of sp³-hybridized carbons (Fsp3) is 0.692. The predicted octanol–water partition coefficient (Wildman–Crippen LogP) is 5.73. The molecule has 0 radical (unpaired) electrons. The quantitative estimate of drug-likeness (QED) is 0.0839. The van der Waals surface area contributed by atoms with Crippen LogP contribution >= 0.6 is 48.0 Å². The molecule has 0 aromatic rings. The summed E-state index contributed by atoms with van der Waals surface area (Å²) in [7, 11) is 0. The van der Waals surface area contributed by atoms with Gasteiger partial charge in [-0.25, -0.2) is 0 Å². The minimum Gasteiger partial charge on any atom is -0.466 e. The fourth-order valence-corrected chi connectivity index (χ4v) is 6.56. The molecular formula is C26H38N2O6S4. The lowest BCUT2D eigenvalue weighted by molar-refractivity contribution is -0.145. The minimum atomic E-state index is -0.421. The van der Waals surface area contributed by atoms with Gasteiger partial charge in [0.15, 0.2) is 0 Å². The van der Waals surface area contributed by atoms with Gasteiger partial charge in [0.25, 0.3) is 11.8 Å². The van der Waals surface area contributed by atoms with E-state index in [1.54, 1.807) is 0 Å². The Morgan fingerprint density at radius 2 is 1.03 bits per heavy atom. The first kappa shape index (κ1) is 32.7. The van der Waals surface area contributed by atoms with Crippen molar-refractivity contribution in [2.45, 2.75) is 90.9 Å². The van der Waals surface area contributed by atoms with Gasteiger partial charge in [0.1, 0.15) is 8.64 Å². The minimum absolute atomic E-state index is 0.0242. The molecule has 0 atom stereocenters. The van der Waals surface area contributed by atoms with Crippen molar-refractivity contribution in [1.29, 1.82) is 0 Å². The number of rotatable bonds is 18. The second-order valence-corrected chi connectivity index (χ2v) is 12.4. The van der Waals surface area contributed by atoms with Crippen LogP contribution in [0.5, 0.6) is 0 Å². The lowest BCUT2D eigenvalue weighted by Gasteiger charge is -2.14. The van der Waals surface area contributed by atoms with Crippen LogP contribution in [0.1, 0.15) is 90.9 Å². The molecule has 2 amide bonds. The van der Waals surface area contributed by atoms with Gasteiger partial charge in [-0.05, 0) is 12.8 Å². The zero-order valence-corrected chi connectivity index (χ0v) is 25.6. The van der Waals surface area contributed by atoms with Crippen molar-refractivity contribution in [2.24, 2.45) is 0 Å². The summed E-state index contributed by atoms with van der Waals surface area (Å²) in [5.74, 6) is -1.60. The first-order valence-electron chi connectivity index (χ1n) is 13.4. The number of ether oxygens (including phenoxy) is 2. The third-order valence-corrected chi connectivity index (χ3v) is 9.03. The molecule has 2 heterocycles. The number of hydrogen-bond acceptors (Lipinski definition) is 10. The van der Waals surface area contributed by atoms with Gasteiger partial charge >= 0.3 is 11.9 Å². The zero-order chi connectivity index (χ0) is 27.9. The summed E-state index contributed by atoms with van der Waals surface area (Å²) < 4.78 is 11.1. The molecular weight excluding hydrogens is 565 g/mol. The molecule has 2 fully saturated rings. The molecule has 0 unspecified atom stereocenters. The standard InChI is InChI=1S/C26H38N2O6S4/c1-3-5-7-9-11-17-33-19(29)13-15-27-23(31)21(37-25(27)35)22-24(32)28(26(36)38-22)16-14-20(30)34-18-12-10-8-6-4-2/h3-18H2,1-2H3/b22-21+. The van der Waals surface area contributed by atoms with E-state index in [0.717, 1.165) is 74.9 Å². The number of nitrogens with zero attached hydrogens (tertiary/aromatic N) is 2. The highest BCUT2D eigenvalue weighted by Crippen LogP contribution is 2.42. The van der Waals surface area contributed by atoms with E-state index in [4.69, 9.17) is 33.9 Å². The molecule has 0 saturated carbocycles. The molecule has 0 aliphatic carbocycles. The predicted molar refractivity (Wildman–Crippen MR) is 159 cm³/mol. The van der Waals surface area contributed by atoms with Crippen molar-refractivity contribution < 1.29 is 28.7 Å². The van der Waals surface area contributed by atoms with Crippen molar-refractivity contribution in [2.75, 3.05) is 26.3 Å². The first-order chi connectivity index (χ1) is 18.3. The molecule has 0 spiro atoms. The van der Waals surface area contributed by atoms with Gasteiger partial charge in [0.2, 0.25) is 0 Å². The van der Waals surface area contributed by atoms with Gasteiger partial charge in [-0.3, -0.25) is 29.0 Å². The van der Waals surface area contributed by atoms with Gasteiger partial charge in [-0.15, -0.1) is 0 Å². The second kappa shape index (κ2) is 18.0. The summed E-state index contributed by atoms with van der Waals surface area (Å²) in [4.78, 5) is 53.3. The maximum absolute atomic E-state index is 13.0. The van der Waals surface area contributed by atoms with Crippen LogP contribution in [0.4, 0.5) is 0 Å². The number of amides is 2. The summed E-state index contributed by atoms with van der Waals surface area (Å²) >= 11 is 12.7. The zero-order valence-electron chi connectivity index (χ0n) is 22.3. The highest BCUT2D eigenvalue weighted by molar-refractivity contribution is 8.29. The van der Waals surface area contributed by atoms with Crippen LogP contribution in [0.25, 0.3) is 0 Å². The Bertz CT molecular complexity index is 851. The third-order valence-electron chi connectivity index (χ3n) is 6.01. The number of thioether (sulfide) groups is 2. The van der Waals surface area contributed by atoms with Crippen molar-refractivity contribution in [3.8, 4) is 0 Å². The summed E-state index contributed by atoms with van der Waals surface area (Å²) in [5.41, 5.74) is 0. The lowest BCUT2D eigenvalue weighted by Crippen LogP contribution is -2.32. The molecule has 8 nitrogen and oxygen atoms in total. The molecule has 0 aromatic carbocycles. The SMILES string of the molecule is CCCCCCCOC(=O)CCN1C(=O)/C(=C2\SC(=S)N(CCC(=O)OCCCCCCC)C2=O)SC1=S. The average Bonchev–Trinajstić information content (AvgIpc) is 3.33. The third kappa shape index (κ3) is 10.6. The largest absolute Gasteiger partial charge is 0.466 e. The van der Waals surface area contributed by atoms with E-state index in [9.17, 15) is 19.2 Å². The van der Waals surface area contributed by atoms with Crippen LogP contribution in [0.2, 0.25) is 0 Å². The summed E-state index contributed by atoms with van der Waals surface area (Å²) in [6.45, 7) is 5.21. The molecule has 0 N–H and O–H groups in total. The van der Waals surface area contributed by atoms with Gasteiger partial charge in [-0.1, -0.05) is 113 Å². The molecule has 0 aromatic heterocycles. The van der Waals surface area contributed by atoms with Crippen molar-refractivity contribution in [1.82, 2.24) is 9.80 Å². The molecule has 2 aliphatic rings. The number of esters is 2. The monoisotopic (exact) mass is 602 g/mol. The lowest BCUT2D eigenvalue weighted by atomic mass is 10.2. The van der Waals surface area contributed by atoms with Crippen molar-refractivity contribution in [3.63, 3.8) is 0 Å². The van der Waals surface area contributed by atoms with Gasteiger partial charge in [0, 0.05) is 13.1 Å². The van der Waals surface area contributed by atoms with E-state index >= 15 is 0 Å². The first-order valence-corrected chi connectivity index (χ1v) is 15.9. The Hall–Kier alpha value is -1.50. The van der Waals surface area contributed by atoms with Gasteiger partial charge in [-0.2, -0.15) is 0 Å². The Balaban J connectivity index is 1.81. The number of hydrogen-bond donors (Lipinski definition) is 0. The fourth-order valence-electron chi connectivity index (χ4n) is 3.79. The van der Waals surface area contributed by atoms with E-state index in [1.165, 1.54) is 22.6 Å². The van der Waals surface area contributed by atoms with E-state index < -0.39 is 11.8 Å². The average molecular weight is 603 g/mol. The van der Waals surface area contributed by atoms with E-state index in [0.29, 0.717) is 13.2 Å². The summed E-state index contributed by atoms with van der Waals surface area (Å²) in [6.07, 6.45) is 10.6. The van der Waals surface area contributed by atoms with Crippen LogP contribution in [0.3, 0.4) is 0 Å². The Labute approximate surface area is 245 Å². The summed E-state index contributed by atoms with van der Waals surface area (Å²) in [6, 6.07) is 0. The smallest absolute Gasteiger partial charge is 0.307 e. The van der Waals surface area contributed by atoms with E-state index in [2.05, 4.69) is 13.8 Å². The highest BCUT2D eigenvalue weighted by atomic mass is 32.2. The summed E-state index contributed by atoms with van der Waals surface area (Å²) in [5, 5.41) is 0. The van der Waals surface area contributed by atoms with Crippen LogP contribution in [0.15, 0.2) is 9.81 Å². The van der Waals surface area contributed by atoms with E-state index in [-0.39, 0.29) is 56.3 Å². The van der Waals surface area contributed by atoms with E-state index in [1.807, 2.05) is 0 Å². The van der Waals surface area contributed by atoms with Crippen LogP contribution < -0.4 is 0 Å². The highest BCUT2D eigenvalue weighted by Gasteiger charge is 2.42. The number of carbonyl (C=O) groups is 4. The molecule has 2 saturated heterocycles. The molecule has 2 rings (SSSR count). The molecule has 38 heavy (non-hydrogen) atoms. The topological polar surface area (TPSA) is 93.2 Å². The van der Waals surface area contributed by atoms with Crippen LogP contribution in [-0.2, 0) is 28.7 Å². The Kier molecular flexibility index (Phi) is 15.5. The maximum atomic E-state index is 13.0. The number of unbranched alkanes of at least 4 members (excludes halogenated alkanes) is 8. The number of carbonyl (C=O) groups excluding carboxylic acids is 4. The Morgan fingerprint density at radius 1 is 0.658 bits per heavy atom. The van der Waals surface area contributed by atoms with Gasteiger partial charge < -0.3 is 9.47 Å². The molecule has 212 valence electrons. The normalized spacial score (nSPS) is 17.6. The van der Waals surface area contributed by atoms with Crippen molar-refractivity contribution in [3.05, 3.63) is 9.81 Å². The second-order valence-electron chi connectivity index (χ2n) is 9.08. The molecule has 2 aliphatic heterocycles. The molecule has 12 heteroatoms. The van der Waals surface area contributed by atoms with Crippen LogP contribution in [0, 0.1) is 0 Å². The van der Waals surface area contributed by atoms with Gasteiger partial charge in [0.05, 0.1) is 35.9 Å². The van der Waals surface area contributed by atoms with Crippen molar-refractivity contribution >= 4 is 80.4 Å². The number of thiocarbonyl (C=S) groups is 2. The molecule has 0 bridgehead atoms.